The molecular formula is C18H18F3NO2. The van der Waals surface area contributed by atoms with E-state index in [1.807, 2.05) is 13.8 Å². The van der Waals surface area contributed by atoms with Gasteiger partial charge in [0.2, 0.25) is 0 Å². The molecule has 0 radical (unpaired) electrons. The molecular weight excluding hydrogens is 319 g/mol. The van der Waals surface area contributed by atoms with Gasteiger partial charge in [0.25, 0.3) is 0 Å². The SMILES string of the molecule is CCOc1ccc2c(c1)c1cc(OCC)ccc1n2CC(F)(F)F. The van der Waals surface area contributed by atoms with Gasteiger partial charge in [-0.15, -0.1) is 0 Å². The van der Waals surface area contributed by atoms with Crippen molar-refractivity contribution in [3.05, 3.63) is 36.4 Å². The molecule has 3 aromatic rings. The molecule has 6 heteroatoms. The molecule has 0 N–H and O–H groups in total. The van der Waals surface area contributed by atoms with Crippen LogP contribution in [0, 0.1) is 0 Å². The number of hydrogen-bond donors (Lipinski definition) is 0. The van der Waals surface area contributed by atoms with Crippen LogP contribution in [0.1, 0.15) is 13.8 Å². The summed E-state index contributed by atoms with van der Waals surface area (Å²) in [5.74, 6) is 1.27. The minimum absolute atomic E-state index is 0.497. The number of halogens is 3. The highest BCUT2D eigenvalue weighted by Crippen LogP contribution is 2.35. The molecule has 0 aliphatic rings. The molecule has 3 rings (SSSR count). The molecule has 1 heterocycles. The summed E-state index contributed by atoms with van der Waals surface area (Å²) in [6.45, 7) is 3.69. The second-order valence-corrected chi connectivity index (χ2v) is 5.43. The lowest BCUT2D eigenvalue weighted by molar-refractivity contribution is -0.139. The standard InChI is InChI=1S/C18H18F3NO2/c1-3-23-12-5-7-16-14(9-12)15-10-13(24-4-2)6-8-17(15)22(16)11-18(19,20)21/h5-10H,3-4,11H2,1-2H3. The minimum Gasteiger partial charge on any atom is -0.494 e. The smallest absolute Gasteiger partial charge is 0.406 e. The Morgan fingerprint density at radius 3 is 1.67 bits per heavy atom. The van der Waals surface area contributed by atoms with Crippen LogP contribution in [0.3, 0.4) is 0 Å². The molecule has 1 aromatic heterocycles. The average Bonchev–Trinajstić information content (AvgIpc) is 2.80. The second-order valence-electron chi connectivity index (χ2n) is 5.43. The number of ether oxygens (including phenoxy) is 2. The first-order valence-corrected chi connectivity index (χ1v) is 7.81. The van der Waals surface area contributed by atoms with Crippen LogP contribution in [-0.2, 0) is 6.54 Å². The van der Waals surface area contributed by atoms with E-state index in [0.717, 1.165) is 10.8 Å². The second kappa shape index (κ2) is 6.26. The molecule has 0 unspecified atom stereocenters. The Hall–Kier alpha value is -2.37. The summed E-state index contributed by atoms with van der Waals surface area (Å²) in [5.41, 5.74) is 1.05. The highest BCUT2D eigenvalue weighted by Gasteiger charge is 2.29. The topological polar surface area (TPSA) is 23.4 Å². The van der Waals surface area contributed by atoms with Gasteiger partial charge in [0.05, 0.1) is 13.2 Å². The highest BCUT2D eigenvalue weighted by molar-refractivity contribution is 6.09. The van der Waals surface area contributed by atoms with Gasteiger partial charge >= 0.3 is 6.18 Å². The van der Waals surface area contributed by atoms with Gasteiger partial charge in [0.1, 0.15) is 18.0 Å². The first kappa shape index (κ1) is 16.5. The Morgan fingerprint density at radius 1 is 0.833 bits per heavy atom. The summed E-state index contributed by atoms with van der Waals surface area (Å²) >= 11 is 0. The number of alkyl halides is 3. The average molecular weight is 337 g/mol. The number of aromatic nitrogens is 1. The Balaban J connectivity index is 2.27. The number of fused-ring (bicyclic) bond motifs is 3. The van der Waals surface area contributed by atoms with Crippen LogP contribution in [0.25, 0.3) is 21.8 Å². The molecule has 0 aliphatic heterocycles. The van der Waals surface area contributed by atoms with Crippen molar-refractivity contribution in [1.82, 2.24) is 4.57 Å². The number of benzene rings is 2. The quantitative estimate of drug-likeness (QED) is 0.642. The number of rotatable bonds is 5. The third-order valence-electron chi connectivity index (χ3n) is 3.77. The molecule has 128 valence electrons. The van der Waals surface area contributed by atoms with E-state index >= 15 is 0 Å². The Bertz CT molecular complexity index is 805. The van der Waals surface area contributed by atoms with Crippen molar-refractivity contribution in [2.24, 2.45) is 0 Å². The van der Waals surface area contributed by atoms with Crippen LogP contribution >= 0.6 is 0 Å². The van der Waals surface area contributed by atoms with Crippen molar-refractivity contribution >= 4 is 21.8 Å². The van der Waals surface area contributed by atoms with Crippen LogP contribution in [0.2, 0.25) is 0 Å². The maximum absolute atomic E-state index is 13.0. The molecule has 0 atom stereocenters. The lowest BCUT2D eigenvalue weighted by atomic mass is 10.1. The van der Waals surface area contributed by atoms with Crippen molar-refractivity contribution in [3.8, 4) is 11.5 Å². The molecule has 0 aliphatic carbocycles. The summed E-state index contributed by atoms with van der Waals surface area (Å²) in [4.78, 5) is 0. The molecule has 0 bridgehead atoms. The van der Waals surface area contributed by atoms with Gasteiger partial charge < -0.3 is 14.0 Å². The van der Waals surface area contributed by atoms with Gasteiger partial charge in [-0.1, -0.05) is 0 Å². The fraction of sp³-hybridized carbons (Fsp3) is 0.333. The first-order chi connectivity index (χ1) is 11.4. The molecule has 0 fully saturated rings. The van der Waals surface area contributed by atoms with Crippen LogP contribution < -0.4 is 9.47 Å². The van der Waals surface area contributed by atoms with Gasteiger partial charge in [-0.25, -0.2) is 0 Å². The summed E-state index contributed by atoms with van der Waals surface area (Å²) in [6.07, 6.45) is -4.30. The fourth-order valence-electron chi connectivity index (χ4n) is 2.92. The summed E-state index contributed by atoms with van der Waals surface area (Å²) in [7, 11) is 0. The molecule has 0 saturated carbocycles. The van der Waals surface area contributed by atoms with E-state index in [4.69, 9.17) is 9.47 Å². The normalized spacial score (nSPS) is 12.0. The Labute approximate surface area is 137 Å². The van der Waals surface area contributed by atoms with E-state index in [0.29, 0.717) is 35.7 Å². The molecule has 0 amide bonds. The summed E-state index contributed by atoms with van der Waals surface area (Å²) in [5, 5.41) is 1.45. The molecule has 0 saturated heterocycles. The van der Waals surface area contributed by atoms with Crippen molar-refractivity contribution in [3.63, 3.8) is 0 Å². The minimum atomic E-state index is -4.30. The van der Waals surface area contributed by atoms with E-state index in [2.05, 4.69) is 0 Å². The van der Waals surface area contributed by atoms with Crippen LogP contribution in [-0.4, -0.2) is 24.0 Å². The van der Waals surface area contributed by atoms with E-state index in [1.54, 1.807) is 36.4 Å². The highest BCUT2D eigenvalue weighted by atomic mass is 19.4. The van der Waals surface area contributed by atoms with Gasteiger partial charge in [-0.3, -0.25) is 0 Å². The predicted molar refractivity (Wildman–Crippen MR) is 87.8 cm³/mol. The number of hydrogen-bond acceptors (Lipinski definition) is 2. The zero-order valence-electron chi connectivity index (χ0n) is 13.5. The fourth-order valence-corrected chi connectivity index (χ4v) is 2.92. The third-order valence-corrected chi connectivity index (χ3v) is 3.77. The molecule has 0 spiro atoms. The van der Waals surface area contributed by atoms with Gasteiger partial charge in [0, 0.05) is 21.8 Å². The third kappa shape index (κ3) is 3.13. The first-order valence-electron chi connectivity index (χ1n) is 7.81. The van der Waals surface area contributed by atoms with E-state index in [-0.39, 0.29) is 0 Å². The summed E-state index contributed by atoms with van der Waals surface area (Å²) < 4.78 is 51.3. The summed E-state index contributed by atoms with van der Waals surface area (Å²) in [6, 6.07) is 10.3. The van der Waals surface area contributed by atoms with E-state index < -0.39 is 12.7 Å². The van der Waals surface area contributed by atoms with Crippen LogP contribution in [0.15, 0.2) is 36.4 Å². The lowest BCUT2D eigenvalue weighted by Gasteiger charge is -2.11. The molecule has 24 heavy (non-hydrogen) atoms. The predicted octanol–water partition coefficient (Wildman–Crippen LogP) is 5.15. The Kier molecular flexibility index (Phi) is 4.30. The monoisotopic (exact) mass is 337 g/mol. The van der Waals surface area contributed by atoms with Gasteiger partial charge in [-0.05, 0) is 50.2 Å². The number of nitrogens with zero attached hydrogens (tertiary/aromatic N) is 1. The largest absolute Gasteiger partial charge is 0.494 e. The maximum Gasteiger partial charge on any atom is 0.406 e. The molecule has 3 nitrogen and oxygen atoms in total. The van der Waals surface area contributed by atoms with Crippen molar-refractivity contribution < 1.29 is 22.6 Å². The van der Waals surface area contributed by atoms with Crippen molar-refractivity contribution in [1.29, 1.82) is 0 Å². The van der Waals surface area contributed by atoms with Gasteiger partial charge in [-0.2, -0.15) is 13.2 Å². The maximum atomic E-state index is 13.0. The Morgan fingerprint density at radius 2 is 1.29 bits per heavy atom. The van der Waals surface area contributed by atoms with E-state index in [9.17, 15) is 13.2 Å². The van der Waals surface area contributed by atoms with Crippen molar-refractivity contribution in [2.75, 3.05) is 13.2 Å². The van der Waals surface area contributed by atoms with Gasteiger partial charge in [0.15, 0.2) is 0 Å². The van der Waals surface area contributed by atoms with Crippen LogP contribution in [0.4, 0.5) is 13.2 Å². The molecule has 2 aromatic carbocycles. The lowest BCUT2D eigenvalue weighted by Crippen LogP contribution is -2.17. The van der Waals surface area contributed by atoms with E-state index in [1.165, 1.54) is 4.57 Å². The zero-order chi connectivity index (χ0) is 17.3. The van der Waals surface area contributed by atoms with Crippen LogP contribution in [0.5, 0.6) is 11.5 Å². The van der Waals surface area contributed by atoms with Crippen molar-refractivity contribution in [2.45, 2.75) is 26.6 Å². The zero-order valence-corrected chi connectivity index (χ0v) is 13.5.